The molecule has 230 valence electrons. The number of nitrogens with zero attached hydrogens (tertiary/aromatic N) is 1. The number of anilines is 1. The maximum absolute atomic E-state index is 12.8. The molecule has 1 saturated heterocycles. The van der Waals surface area contributed by atoms with Crippen LogP contribution in [0.25, 0.3) is 0 Å². The number of carbonyl (C=O) groups excluding carboxylic acids is 1. The van der Waals surface area contributed by atoms with Gasteiger partial charge in [0.25, 0.3) is 0 Å². The average Bonchev–Trinajstić information content (AvgIpc) is 2.85. The van der Waals surface area contributed by atoms with Crippen LogP contribution in [0.2, 0.25) is 33.2 Å². The van der Waals surface area contributed by atoms with Crippen LogP contribution in [0, 0.1) is 0 Å². The van der Waals surface area contributed by atoms with Crippen molar-refractivity contribution >= 4 is 28.3 Å². The minimum Gasteiger partial charge on any atom is -0.469 e. The first kappa shape index (κ1) is 34.9. The summed E-state index contributed by atoms with van der Waals surface area (Å²) < 4.78 is 27.0. The Balaban J connectivity index is 2.77. The van der Waals surface area contributed by atoms with Gasteiger partial charge in [0.15, 0.2) is 0 Å². The first-order valence-electron chi connectivity index (χ1n) is 15.3. The highest BCUT2D eigenvalue weighted by atomic mass is 28.4. The van der Waals surface area contributed by atoms with Crippen molar-refractivity contribution in [3.05, 3.63) is 24.0 Å². The van der Waals surface area contributed by atoms with Crippen LogP contribution in [0.1, 0.15) is 108 Å². The molecule has 1 aliphatic rings. The summed E-state index contributed by atoms with van der Waals surface area (Å²) in [5, 5.41) is 0. The standard InChI is InChI=1S/C31H58N2O5Si2/c1-19(2)39(20(3)4,21(5)6)37-29-16-27(25-14-15-33-18-26(25)32)36-28(17-30(34)35-13)31(29)38-40(22(7)8,23(9)10)24(11)12/h14-15,18-24,27-29,31H,16-17,32H2,1-13H3/t27-,28-,29-,31-/m1/s1. The normalized spacial score (nSPS) is 22.8. The lowest BCUT2D eigenvalue weighted by Gasteiger charge is -2.53. The van der Waals surface area contributed by atoms with E-state index in [2.05, 4.69) is 88.1 Å². The average molecular weight is 595 g/mol. The zero-order chi connectivity index (χ0) is 30.6. The van der Waals surface area contributed by atoms with E-state index >= 15 is 0 Å². The summed E-state index contributed by atoms with van der Waals surface area (Å²) in [6.45, 7) is 27.6. The molecule has 0 unspecified atom stereocenters. The highest BCUT2D eigenvalue weighted by Gasteiger charge is 2.55. The van der Waals surface area contributed by atoms with E-state index < -0.39 is 22.7 Å². The molecule has 1 aromatic rings. The van der Waals surface area contributed by atoms with Gasteiger partial charge in [-0.15, -0.1) is 0 Å². The topological polar surface area (TPSA) is 92.9 Å². The fourth-order valence-electron chi connectivity index (χ4n) is 7.83. The lowest BCUT2D eigenvalue weighted by atomic mass is 9.92. The van der Waals surface area contributed by atoms with E-state index in [1.165, 1.54) is 7.11 Å². The van der Waals surface area contributed by atoms with Gasteiger partial charge in [-0.25, -0.2) is 0 Å². The lowest BCUT2D eigenvalue weighted by molar-refractivity contribution is -0.175. The van der Waals surface area contributed by atoms with Crippen molar-refractivity contribution in [2.24, 2.45) is 0 Å². The largest absolute Gasteiger partial charge is 0.469 e. The smallest absolute Gasteiger partial charge is 0.308 e. The molecule has 0 spiro atoms. The molecule has 9 heteroatoms. The molecule has 2 N–H and O–H groups in total. The van der Waals surface area contributed by atoms with Gasteiger partial charge in [-0.1, -0.05) is 83.1 Å². The predicted octanol–water partition coefficient (Wildman–Crippen LogP) is 8.18. The van der Waals surface area contributed by atoms with Crippen LogP contribution in [0.5, 0.6) is 0 Å². The Morgan fingerprint density at radius 1 is 0.900 bits per heavy atom. The zero-order valence-electron chi connectivity index (χ0n) is 27.5. The molecule has 2 heterocycles. The van der Waals surface area contributed by atoms with Crippen LogP contribution >= 0.6 is 0 Å². The van der Waals surface area contributed by atoms with Gasteiger partial charge in [-0.2, -0.15) is 0 Å². The van der Waals surface area contributed by atoms with Gasteiger partial charge in [0.2, 0.25) is 16.6 Å². The van der Waals surface area contributed by atoms with Gasteiger partial charge < -0.3 is 24.1 Å². The van der Waals surface area contributed by atoms with E-state index in [-0.39, 0.29) is 30.7 Å². The Kier molecular flexibility index (Phi) is 12.5. The molecule has 1 aromatic heterocycles. The molecule has 40 heavy (non-hydrogen) atoms. The fraction of sp³-hybridized carbons (Fsp3) is 0.806. The van der Waals surface area contributed by atoms with Crippen LogP contribution in [0.15, 0.2) is 18.5 Å². The van der Waals surface area contributed by atoms with Gasteiger partial charge >= 0.3 is 5.97 Å². The monoisotopic (exact) mass is 594 g/mol. The number of ether oxygens (including phenoxy) is 2. The Hall–Kier alpha value is -1.27. The Labute approximate surface area is 246 Å². The zero-order valence-corrected chi connectivity index (χ0v) is 29.5. The SMILES string of the molecule is COC(=O)C[C@H]1O[C@@H](c2ccncc2N)C[C@@H](O[Si](C(C)C)(C(C)C)C(C)C)[C@@H]1O[Si](C(C)C)(C(C)C)C(C)C. The van der Waals surface area contributed by atoms with E-state index in [4.69, 9.17) is 24.1 Å². The number of rotatable bonds is 13. The molecule has 4 atom stereocenters. The second kappa shape index (κ2) is 14.3. The number of hydrogen-bond acceptors (Lipinski definition) is 7. The molecule has 0 bridgehead atoms. The second-order valence-electron chi connectivity index (χ2n) is 13.6. The molecule has 0 amide bonds. The first-order valence-corrected chi connectivity index (χ1v) is 19.6. The molecular weight excluding hydrogens is 537 g/mol. The van der Waals surface area contributed by atoms with Crippen LogP contribution in [0.4, 0.5) is 5.69 Å². The number of aromatic nitrogens is 1. The van der Waals surface area contributed by atoms with Crippen LogP contribution in [0.3, 0.4) is 0 Å². The van der Waals surface area contributed by atoms with Crippen molar-refractivity contribution in [2.45, 2.75) is 154 Å². The number of nitrogen functional groups attached to an aromatic ring is 1. The second-order valence-corrected chi connectivity index (χ2v) is 24.4. The number of hydrogen-bond donors (Lipinski definition) is 1. The van der Waals surface area contributed by atoms with Crippen molar-refractivity contribution in [2.75, 3.05) is 12.8 Å². The minimum atomic E-state index is -2.36. The summed E-state index contributed by atoms with van der Waals surface area (Å²) in [5.41, 5.74) is 10.2. The number of methoxy groups -OCH3 is 1. The quantitative estimate of drug-likeness (QED) is 0.182. The lowest BCUT2D eigenvalue weighted by Crippen LogP contribution is -2.61. The van der Waals surface area contributed by atoms with Gasteiger partial charge in [0.05, 0.1) is 49.8 Å². The van der Waals surface area contributed by atoms with Gasteiger partial charge in [-0.3, -0.25) is 9.78 Å². The van der Waals surface area contributed by atoms with E-state index in [1.807, 2.05) is 6.07 Å². The Morgan fingerprint density at radius 3 is 1.80 bits per heavy atom. The molecule has 2 rings (SSSR count). The van der Waals surface area contributed by atoms with Crippen LogP contribution in [-0.2, 0) is 23.1 Å². The van der Waals surface area contributed by atoms with Crippen molar-refractivity contribution in [3.63, 3.8) is 0 Å². The third kappa shape index (κ3) is 7.02. The summed E-state index contributed by atoms with van der Waals surface area (Å²) in [7, 11) is -3.25. The third-order valence-corrected chi connectivity index (χ3v) is 21.7. The molecule has 1 fully saturated rings. The molecule has 7 nitrogen and oxygen atoms in total. The Bertz CT molecular complexity index is 910. The van der Waals surface area contributed by atoms with Gasteiger partial charge in [0, 0.05) is 18.2 Å². The molecule has 0 radical (unpaired) electrons. The third-order valence-electron chi connectivity index (χ3n) is 9.46. The van der Waals surface area contributed by atoms with E-state index in [1.54, 1.807) is 12.4 Å². The predicted molar refractivity (Wildman–Crippen MR) is 169 cm³/mol. The van der Waals surface area contributed by atoms with E-state index in [9.17, 15) is 4.79 Å². The Morgan fingerprint density at radius 2 is 1.38 bits per heavy atom. The van der Waals surface area contributed by atoms with Gasteiger partial charge in [0.1, 0.15) is 0 Å². The van der Waals surface area contributed by atoms with Gasteiger partial charge in [-0.05, 0) is 39.3 Å². The van der Waals surface area contributed by atoms with Crippen molar-refractivity contribution < 1.29 is 23.1 Å². The molecule has 0 aliphatic carbocycles. The molecule has 0 aromatic carbocycles. The van der Waals surface area contributed by atoms with Crippen molar-refractivity contribution in [3.8, 4) is 0 Å². The maximum atomic E-state index is 12.8. The molecule has 1 aliphatic heterocycles. The summed E-state index contributed by atoms with van der Waals surface area (Å²) in [6, 6.07) is 1.92. The highest BCUT2D eigenvalue weighted by Crippen LogP contribution is 2.50. The number of carbonyl (C=O) groups is 1. The summed E-state index contributed by atoms with van der Waals surface area (Å²) >= 11 is 0. The molecule has 0 saturated carbocycles. The number of pyridine rings is 1. The first-order chi connectivity index (χ1) is 18.6. The molecular formula is C31H58N2O5Si2. The van der Waals surface area contributed by atoms with Crippen LogP contribution < -0.4 is 5.73 Å². The summed E-state index contributed by atoms with van der Waals surface area (Å²) in [6.07, 6.45) is 2.61. The van der Waals surface area contributed by atoms with Crippen LogP contribution in [-0.4, -0.2) is 53.0 Å². The number of nitrogens with two attached hydrogens (primary N) is 1. The summed E-state index contributed by atoms with van der Waals surface area (Å²) in [4.78, 5) is 17.0. The van der Waals surface area contributed by atoms with Crippen molar-refractivity contribution in [1.29, 1.82) is 0 Å². The fourth-order valence-corrected chi connectivity index (χ4v) is 19.0. The summed E-state index contributed by atoms with van der Waals surface area (Å²) in [5.74, 6) is -0.313. The van der Waals surface area contributed by atoms with E-state index in [0.717, 1.165) is 5.56 Å². The minimum absolute atomic E-state index is 0.0981. The van der Waals surface area contributed by atoms with Crippen molar-refractivity contribution in [1.82, 2.24) is 4.98 Å². The maximum Gasteiger partial charge on any atom is 0.308 e. The highest BCUT2D eigenvalue weighted by molar-refractivity contribution is 6.78. The van der Waals surface area contributed by atoms with E-state index in [0.29, 0.717) is 45.4 Å². The number of esters is 1.